The first kappa shape index (κ1) is 18.9. The molecule has 1 saturated carbocycles. The van der Waals surface area contributed by atoms with E-state index in [2.05, 4.69) is 11.4 Å². The van der Waals surface area contributed by atoms with Crippen molar-refractivity contribution in [1.82, 2.24) is 0 Å². The van der Waals surface area contributed by atoms with E-state index < -0.39 is 5.82 Å². The summed E-state index contributed by atoms with van der Waals surface area (Å²) < 4.78 is 14.5. The molecule has 1 heterocycles. The van der Waals surface area contributed by atoms with Gasteiger partial charge in [-0.2, -0.15) is 5.26 Å². The molecule has 1 N–H and O–H groups in total. The molecule has 2 unspecified atom stereocenters. The third kappa shape index (κ3) is 3.42. The number of anilines is 3. The van der Waals surface area contributed by atoms with E-state index in [1.807, 2.05) is 0 Å². The second kappa shape index (κ2) is 7.55. The van der Waals surface area contributed by atoms with Crippen LogP contribution >= 0.6 is 0 Å². The smallest absolute Gasteiger partial charge is 0.324 e. The lowest BCUT2D eigenvalue weighted by molar-refractivity contribution is -0.114. The van der Waals surface area contributed by atoms with E-state index >= 15 is 0 Å². The summed E-state index contributed by atoms with van der Waals surface area (Å²) in [6.07, 6.45) is 3.77. The highest BCUT2D eigenvalue weighted by Crippen LogP contribution is 2.40. The highest BCUT2D eigenvalue weighted by molar-refractivity contribution is 6.07. The largest absolute Gasteiger partial charge is 0.329 e. The number of amides is 3. The van der Waals surface area contributed by atoms with Gasteiger partial charge in [-0.3, -0.25) is 14.6 Å². The van der Waals surface area contributed by atoms with Crippen molar-refractivity contribution < 1.29 is 14.0 Å². The molecule has 7 heteroatoms. The number of nitrogens with zero attached hydrogens (tertiary/aromatic N) is 3. The summed E-state index contributed by atoms with van der Waals surface area (Å²) in [6, 6.07) is 13.3. The maximum atomic E-state index is 14.5. The van der Waals surface area contributed by atoms with Gasteiger partial charge in [0.1, 0.15) is 5.82 Å². The van der Waals surface area contributed by atoms with Crippen molar-refractivity contribution in [2.75, 3.05) is 15.1 Å². The van der Waals surface area contributed by atoms with E-state index in [9.17, 15) is 14.0 Å². The zero-order chi connectivity index (χ0) is 20.5. The summed E-state index contributed by atoms with van der Waals surface area (Å²) in [4.78, 5) is 28.1. The number of carbonyl (C=O) groups excluding carboxylic acids is 2. The Morgan fingerprint density at radius 1 is 1.07 bits per heavy atom. The van der Waals surface area contributed by atoms with Crippen LogP contribution in [-0.4, -0.2) is 24.0 Å². The Labute approximate surface area is 168 Å². The molecular formula is C22H21FN4O2. The number of hydrogen-bond donors (Lipinski definition) is 1. The van der Waals surface area contributed by atoms with Gasteiger partial charge in [0.15, 0.2) is 0 Å². The van der Waals surface area contributed by atoms with Gasteiger partial charge in [0, 0.05) is 18.3 Å². The molecular weight excluding hydrogens is 371 g/mol. The van der Waals surface area contributed by atoms with Crippen molar-refractivity contribution in [2.45, 2.75) is 44.7 Å². The second-order valence-corrected chi connectivity index (χ2v) is 7.45. The third-order valence-corrected chi connectivity index (χ3v) is 5.59. The topological polar surface area (TPSA) is 76.4 Å². The number of urea groups is 1. The number of nitriles is 1. The van der Waals surface area contributed by atoms with Gasteiger partial charge in [-0.1, -0.05) is 12.8 Å². The number of carbonyl (C=O) groups is 2. The number of hydrogen-bond acceptors (Lipinski definition) is 3. The Hall–Kier alpha value is -3.40. The average molecular weight is 392 g/mol. The molecule has 0 bridgehead atoms. The van der Waals surface area contributed by atoms with Crippen molar-refractivity contribution in [1.29, 1.82) is 5.26 Å². The average Bonchev–Trinajstić information content (AvgIpc) is 3.01. The van der Waals surface area contributed by atoms with E-state index in [1.54, 1.807) is 40.1 Å². The van der Waals surface area contributed by atoms with Crippen molar-refractivity contribution in [3.8, 4) is 6.07 Å². The zero-order valence-corrected chi connectivity index (χ0v) is 16.1. The molecule has 148 valence electrons. The maximum absolute atomic E-state index is 14.5. The van der Waals surface area contributed by atoms with Crippen LogP contribution in [-0.2, 0) is 4.79 Å². The minimum atomic E-state index is -0.574. The normalized spacial score (nSPS) is 20.9. The Balaban J connectivity index is 1.70. The minimum absolute atomic E-state index is 0.00210. The highest BCUT2D eigenvalue weighted by atomic mass is 19.1. The van der Waals surface area contributed by atoms with Crippen molar-refractivity contribution in [3.63, 3.8) is 0 Å². The monoisotopic (exact) mass is 392 g/mol. The molecule has 2 atom stereocenters. The molecule has 2 aromatic rings. The number of fused-ring (bicyclic) bond motifs is 1. The van der Waals surface area contributed by atoms with E-state index in [0.717, 1.165) is 31.4 Å². The Bertz CT molecular complexity index is 999. The van der Waals surface area contributed by atoms with Crippen LogP contribution in [0.2, 0.25) is 0 Å². The van der Waals surface area contributed by atoms with Crippen LogP contribution in [0.25, 0.3) is 0 Å². The van der Waals surface area contributed by atoms with Gasteiger partial charge in [0.25, 0.3) is 0 Å². The molecule has 6 nitrogen and oxygen atoms in total. The number of halogens is 1. The first-order valence-corrected chi connectivity index (χ1v) is 9.69. The Morgan fingerprint density at radius 3 is 2.21 bits per heavy atom. The predicted molar refractivity (Wildman–Crippen MR) is 108 cm³/mol. The fourth-order valence-electron chi connectivity index (χ4n) is 4.34. The summed E-state index contributed by atoms with van der Waals surface area (Å²) in [6.45, 7) is 1.32. The summed E-state index contributed by atoms with van der Waals surface area (Å²) in [5.41, 5.74) is 1.85. The van der Waals surface area contributed by atoms with Gasteiger partial charge in [0.2, 0.25) is 5.91 Å². The van der Waals surface area contributed by atoms with Crippen molar-refractivity contribution in [3.05, 3.63) is 53.8 Å². The number of rotatable bonds is 3. The van der Waals surface area contributed by atoms with Crippen LogP contribution in [0.4, 0.5) is 26.2 Å². The van der Waals surface area contributed by atoms with Gasteiger partial charge in [0.05, 0.1) is 29.4 Å². The van der Waals surface area contributed by atoms with Crippen LogP contribution in [0.3, 0.4) is 0 Å². The number of benzene rings is 2. The molecule has 1 saturated heterocycles. The zero-order valence-electron chi connectivity index (χ0n) is 16.1. The second-order valence-electron chi connectivity index (χ2n) is 7.45. The molecule has 0 aromatic heterocycles. The molecule has 4 rings (SSSR count). The van der Waals surface area contributed by atoms with Crippen LogP contribution in [0.5, 0.6) is 0 Å². The van der Waals surface area contributed by atoms with Gasteiger partial charge < -0.3 is 5.32 Å². The first-order valence-electron chi connectivity index (χ1n) is 9.69. The van der Waals surface area contributed by atoms with Crippen LogP contribution in [0, 0.1) is 17.1 Å². The van der Waals surface area contributed by atoms with Crippen LogP contribution in [0.1, 0.15) is 38.2 Å². The quantitative estimate of drug-likeness (QED) is 0.840. The van der Waals surface area contributed by atoms with Crippen molar-refractivity contribution in [2.24, 2.45) is 0 Å². The fourth-order valence-corrected chi connectivity index (χ4v) is 4.34. The van der Waals surface area contributed by atoms with Gasteiger partial charge in [-0.05, 0) is 55.3 Å². The highest BCUT2D eigenvalue weighted by Gasteiger charge is 2.47. The lowest BCUT2D eigenvalue weighted by Crippen LogP contribution is -2.40. The summed E-state index contributed by atoms with van der Waals surface area (Å²) in [7, 11) is 0. The summed E-state index contributed by atoms with van der Waals surface area (Å²) in [5, 5.41) is 11.5. The molecule has 1 aliphatic heterocycles. The predicted octanol–water partition coefficient (Wildman–Crippen LogP) is 4.41. The Kier molecular flexibility index (Phi) is 4.93. The molecule has 29 heavy (non-hydrogen) atoms. The first-order chi connectivity index (χ1) is 14.0. The van der Waals surface area contributed by atoms with E-state index in [4.69, 9.17) is 5.26 Å². The van der Waals surface area contributed by atoms with E-state index in [1.165, 1.54) is 19.1 Å². The van der Waals surface area contributed by atoms with Gasteiger partial charge >= 0.3 is 6.03 Å². The fraction of sp³-hybridized carbons (Fsp3) is 0.318. The van der Waals surface area contributed by atoms with Crippen LogP contribution < -0.4 is 15.1 Å². The van der Waals surface area contributed by atoms with E-state index in [-0.39, 0.29) is 29.7 Å². The van der Waals surface area contributed by atoms with Gasteiger partial charge in [-0.15, -0.1) is 0 Å². The molecule has 0 radical (unpaired) electrons. The summed E-state index contributed by atoms with van der Waals surface area (Å²) in [5.74, 6) is -0.928. The lowest BCUT2D eigenvalue weighted by Gasteiger charge is -2.31. The van der Waals surface area contributed by atoms with Crippen LogP contribution in [0.15, 0.2) is 42.5 Å². The van der Waals surface area contributed by atoms with Gasteiger partial charge in [-0.25, -0.2) is 9.18 Å². The lowest BCUT2D eigenvalue weighted by atomic mass is 9.89. The van der Waals surface area contributed by atoms with Crippen molar-refractivity contribution >= 4 is 29.0 Å². The maximum Gasteiger partial charge on any atom is 0.329 e. The van der Waals surface area contributed by atoms with E-state index in [0.29, 0.717) is 11.3 Å². The molecule has 2 aliphatic rings. The standard InChI is InChI=1S/C22H21FN4O2/c1-14(28)25-19-11-10-17(12-18(19)23)27-21-5-3-2-4-20(21)26(22(27)29)16-8-6-15(13-24)7-9-16/h6-12,20-21H,2-5H2,1H3,(H,25,28). The third-order valence-electron chi connectivity index (χ3n) is 5.59. The molecule has 3 amide bonds. The summed E-state index contributed by atoms with van der Waals surface area (Å²) >= 11 is 0. The molecule has 0 spiro atoms. The SMILES string of the molecule is CC(=O)Nc1ccc(N2C(=O)N(c3ccc(C#N)cc3)C3CCCCC32)cc1F. The molecule has 2 fully saturated rings. The Morgan fingerprint density at radius 2 is 1.66 bits per heavy atom. The molecule has 2 aromatic carbocycles. The molecule has 1 aliphatic carbocycles. The number of nitrogens with one attached hydrogen (secondary N) is 1. The minimum Gasteiger partial charge on any atom is -0.324 e.